The molecule has 118 valence electrons. The van der Waals surface area contributed by atoms with Gasteiger partial charge in [-0.05, 0) is 12.3 Å². The van der Waals surface area contributed by atoms with Crippen molar-refractivity contribution in [2.45, 2.75) is 11.3 Å². The molecule has 0 amide bonds. The third kappa shape index (κ3) is 3.63. The van der Waals surface area contributed by atoms with E-state index in [1.807, 2.05) is 0 Å². The van der Waals surface area contributed by atoms with Crippen molar-refractivity contribution in [2.75, 3.05) is 34.0 Å². The molecule has 1 aromatic carbocycles. The number of nitrogens with one attached hydrogen (secondary N) is 1. The van der Waals surface area contributed by atoms with Crippen LogP contribution in [-0.2, 0) is 14.8 Å². The number of sulfonamides is 1. The molecule has 1 aliphatic heterocycles. The first-order chi connectivity index (χ1) is 9.97. The van der Waals surface area contributed by atoms with E-state index in [0.29, 0.717) is 13.2 Å². The van der Waals surface area contributed by atoms with Crippen LogP contribution < -0.4 is 14.2 Å². The largest absolute Gasteiger partial charge is 0.493 e. The summed E-state index contributed by atoms with van der Waals surface area (Å²) >= 11 is 0. The van der Waals surface area contributed by atoms with Crippen molar-refractivity contribution in [2.24, 2.45) is 5.92 Å². The lowest BCUT2D eigenvalue weighted by Gasteiger charge is -2.13. The van der Waals surface area contributed by atoms with Crippen molar-refractivity contribution in [1.29, 1.82) is 0 Å². The van der Waals surface area contributed by atoms with Gasteiger partial charge in [-0.2, -0.15) is 0 Å². The summed E-state index contributed by atoms with van der Waals surface area (Å²) in [6.07, 6.45) is 0.789. The molecule has 1 atom stereocenters. The fourth-order valence-corrected chi connectivity index (χ4v) is 3.28. The Kier molecular flexibility index (Phi) is 5.02. The van der Waals surface area contributed by atoms with Crippen LogP contribution in [0.15, 0.2) is 17.0 Å². The van der Waals surface area contributed by atoms with Crippen LogP contribution in [0, 0.1) is 11.7 Å². The van der Waals surface area contributed by atoms with Crippen LogP contribution in [0.3, 0.4) is 0 Å². The van der Waals surface area contributed by atoms with Gasteiger partial charge in [0.2, 0.25) is 10.0 Å². The number of hydrogen-bond acceptors (Lipinski definition) is 5. The summed E-state index contributed by atoms with van der Waals surface area (Å²) in [5.41, 5.74) is 0. The van der Waals surface area contributed by atoms with E-state index in [-0.39, 0.29) is 24.0 Å². The summed E-state index contributed by atoms with van der Waals surface area (Å²) < 4.78 is 55.9. The number of methoxy groups -OCH3 is 2. The number of halogens is 1. The minimum Gasteiger partial charge on any atom is -0.493 e. The van der Waals surface area contributed by atoms with Crippen LogP contribution in [0.2, 0.25) is 0 Å². The first-order valence-corrected chi connectivity index (χ1v) is 7.95. The number of benzene rings is 1. The molecule has 6 nitrogen and oxygen atoms in total. The van der Waals surface area contributed by atoms with E-state index in [0.717, 1.165) is 18.6 Å². The second kappa shape index (κ2) is 6.59. The topological polar surface area (TPSA) is 73.9 Å². The molecule has 1 N–H and O–H groups in total. The lowest BCUT2D eigenvalue weighted by atomic mass is 10.1. The van der Waals surface area contributed by atoms with Gasteiger partial charge in [-0.15, -0.1) is 0 Å². The number of hydrogen-bond donors (Lipinski definition) is 1. The Morgan fingerprint density at radius 1 is 1.33 bits per heavy atom. The molecule has 8 heteroatoms. The molecular formula is C13H18FNO5S. The molecule has 1 saturated heterocycles. The van der Waals surface area contributed by atoms with Gasteiger partial charge in [0.1, 0.15) is 10.7 Å². The van der Waals surface area contributed by atoms with E-state index in [4.69, 9.17) is 14.2 Å². The van der Waals surface area contributed by atoms with E-state index in [9.17, 15) is 12.8 Å². The highest BCUT2D eigenvalue weighted by Crippen LogP contribution is 2.31. The molecule has 0 unspecified atom stereocenters. The van der Waals surface area contributed by atoms with Gasteiger partial charge < -0.3 is 14.2 Å². The minimum atomic E-state index is -3.95. The average molecular weight is 319 g/mol. The maximum absolute atomic E-state index is 14.0. The third-order valence-electron chi connectivity index (χ3n) is 3.31. The van der Waals surface area contributed by atoms with E-state index in [1.165, 1.54) is 14.2 Å². The van der Waals surface area contributed by atoms with Crippen LogP contribution in [0.4, 0.5) is 4.39 Å². The SMILES string of the molecule is COc1cc(F)c(S(=O)(=O)NC[C@H]2CCOC2)cc1OC. The molecule has 21 heavy (non-hydrogen) atoms. The molecule has 0 radical (unpaired) electrons. The van der Waals surface area contributed by atoms with Gasteiger partial charge in [-0.3, -0.25) is 0 Å². The van der Waals surface area contributed by atoms with Crippen LogP contribution in [-0.4, -0.2) is 42.4 Å². The van der Waals surface area contributed by atoms with Crippen molar-refractivity contribution in [3.63, 3.8) is 0 Å². The molecule has 0 aromatic heterocycles. The summed E-state index contributed by atoms with van der Waals surface area (Å²) in [6, 6.07) is 2.10. The van der Waals surface area contributed by atoms with Crippen molar-refractivity contribution >= 4 is 10.0 Å². The lowest BCUT2D eigenvalue weighted by molar-refractivity contribution is 0.186. The van der Waals surface area contributed by atoms with E-state index >= 15 is 0 Å². The predicted molar refractivity (Wildman–Crippen MR) is 73.6 cm³/mol. The third-order valence-corrected chi connectivity index (χ3v) is 4.75. The second-order valence-corrected chi connectivity index (χ2v) is 6.45. The lowest BCUT2D eigenvalue weighted by Crippen LogP contribution is -2.30. The van der Waals surface area contributed by atoms with Crippen LogP contribution in [0.1, 0.15) is 6.42 Å². The molecule has 0 aliphatic carbocycles. The molecular weight excluding hydrogens is 301 g/mol. The van der Waals surface area contributed by atoms with Crippen LogP contribution in [0.5, 0.6) is 11.5 Å². The second-order valence-electron chi connectivity index (χ2n) is 4.72. The van der Waals surface area contributed by atoms with Gasteiger partial charge in [0, 0.05) is 25.3 Å². The Balaban J connectivity index is 2.22. The molecule has 0 spiro atoms. The normalized spacial score (nSPS) is 18.7. The van der Waals surface area contributed by atoms with Gasteiger partial charge >= 0.3 is 0 Å². The molecule has 0 bridgehead atoms. The Bertz CT molecular complexity index is 599. The van der Waals surface area contributed by atoms with Crippen molar-refractivity contribution in [3.05, 3.63) is 17.9 Å². The maximum Gasteiger partial charge on any atom is 0.243 e. The van der Waals surface area contributed by atoms with Gasteiger partial charge in [0.15, 0.2) is 11.5 Å². The van der Waals surface area contributed by atoms with Gasteiger partial charge in [0.05, 0.1) is 20.8 Å². The van der Waals surface area contributed by atoms with E-state index in [1.54, 1.807) is 0 Å². The number of ether oxygens (including phenoxy) is 3. The Hall–Kier alpha value is -1.38. The quantitative estimate of drug-likeness (QED) is 0.852. The molecule has 2 rings (SSSR count). The zero-order chi connectivity index (χ0) is 15.5. The summed E-state index contributed by atoms with van der Waals surface area (Å²) in [5, 5.41) is 0. The first-order valence-electron chi connectivity index (χ1n) is 6.47. The summed E-state index contributed by atoms with van der Waals surface area (Å²) in [6.45, 7) is 1.35. The van der Waals surface area contributed by atoms with Crippen molar-refractivity contribution in [3.8, 4) is 11.5 Å². The fourth-order valence-electron chi connectivity index (χ4n) is 2.09. The Labute approximate surface area is 123 Å². The molecule has 1 aromatic rings. The monoisotopic (exact) mass is 319 g/mol. The van der Waals surface area contributed by atoms with Crippen molar-refractivity contribution < 1.29 is 27.0 Å². The first kappa shape index (κ1) is 16.0. The number of rotatable bonds is 6. The standard InChI is InChI=1S/C13H18FNO5S/c1-18-11-5-10(14)13(6-12(11)19-2)21(16,17)15-7-9-3-4-20-8-9/h5-6,9,15H,3-4,7-8H2,1-2H3/t9-/m1/s1. The molecule has 1 heterocycles. The minimum absolute atomic E-state index is 0.114. The van der Waals surface area contributed by atoms with Gasteiger partial charge in [0.25, 0.3) is 0 Å². The molecule has 1 aliphatic rings. The Morgan fingerprint density at radius 2 is 2.00 bits per heavy atom. The zero-order valence-electron chi connectivity index (χ0n) is 11.9. The predicted octanol–water partition coefficient (Wildman–Crippen LogP) is 1.16. The summed E-state index contributed by atoms with van der Waals surface area (Å²) in [5.74, 6) is -0.479. The summed E-state index contributed by atoms with van der Waals surface area (Å²) in [4.78, 5) is -0.459. The van der Waals surface area contributed by atoms with Crippen LogP contribution >= 0.6 is 0 Å². The summed E-state index contributed by atoms with van der Waals surface area (Å²) in [7, 11) is -1.24. The van der Waals surface area contributed by atoms with Gasteiger partial charge in [-0.25, -0.2) is 17.5 Å². The van der Waals surface area contributed by atoms with Crippen molar-refractivity contribution in [1.82, 2.24) is 4.72 Å². The highest BCUT2D eigenvalue weighted by atomic mass is 32.2. The molecule has 1 fully saturated rings. The van der Waals surface area contributed by atoms with E-state index in [2.05, 4.69) is 4.72 Å². The van der Waals surface area contributed by atoms with Gasteiger partial charge in [-0.1, -0.05) is 0 Å². The Morgan fingerprint density at radius 3 is 2.57 bits per heavy atom. The fraction of sp³-hybridized carbons (Fsp3) is 0.538. The maximum atomic E-state index is 14.0. The molecule has 0 saturated carbocycles. The smallest absolute Gasteiger partial charge is 0.243 e. The highest BCUT2D eigenvalue weighted by Gasteiger charge is 2.24. The van der Waals surface area contributed by atoms with E-state index < -0.39 is 20.7 Å². The zero-order valence-corrected chi connectivity index (χ0v) is 12.7. The highest BCUT2D eigenvalue weighted by molar-refractivity contribution is 7.89. The average Bonchev–Trinajstić information content (AvgIpc) is 2.98. The van der Waals surface area contributed by atoms with Crippen LogP contribution in [0.25, 0.3) is 0 Å².